The number of nitrogens with zero attached hydrogens (tertiary/aromatic N) is 2. The van der Waals surface area contributed by atoms with E-state index in [1.165, 1.54) is 11.3 Å². The number of halogens is 1. The summed E-state index contributed by atoms with van der Waals surface area (Å²) in [4.78, 5) is 19.9. The lowest BCUT2D eigenvalue weighted by Gasteiger charge is -2.23. The van der Waals surface area contributed by atoms with Gasteiger partial charge in [0.05, 0.1) is 24.5 Å². The summed E-state index contributed by atoms with van der Waals surface area (Å²) < 4.78 is 13.3. The first-order valence-corrected chi connectivity index (χ1v) is 10.8. The number of carbonyl (C=O) groups is 1. The van der Waals surface area contributed by atoms with E-state index < -0.39 is 0 Å². The fourth-order valence-corrected chi connectivity index (χ4v) is 4.69. The van der Waals surface area contributed by atoms with Crippen molar-refractivity contribution in [1.82, 2.24) is 4.98 Å². The van der Waals surface area contributed by atoms with E-state index in [-0.39, 0.29) is 12.0 Å². The molecule has 7 heteroatoms. The number of carbonyl (C=O) groups excluding carboxylic acids is 1. The Hall–Kier alpha value is -1.96. The summed E-state index contributed by atoms with van der Waals surface area (Å²) in [5.41, 5.74) is 2.54. The van der Waals surface area contributed by atoms with Crippen molar-refractivity contribution in [2.75, 3.05) is 25.2 Å². The second kappa shape index (κ2) is 8.19. The lowest BCUT2D eigenvalue weighted by Crippen LogP contribution is -2.37. The van der Waals surface area contributed by atoms with E-state index in [2.05, 4.69) is 15.9 Å². The van der Waals surface area contributed by atoms with Crippen molar-refractivity contribution >= 4 is 48.5 Å². The summed E-state index contributed by atoms with van der Waals surface area (Å²) >= 11 is 4.95. The number of methoxy groups -OCH3 is 1. The molecule has 0 radical (unpaired) electrons. The van der Waals surface area contributed by atoms with Crippen LogP contribution in [0, 0.1) is 6.92 Å². The number of anilines is 1. The minimum Gasteiger partial charge on any atom is -0.494 e. The van der Waals surface area contributed by atoms with Gasteiger partial charge in [0.1, 0.15) is 11.3 Å². The fourth-order valence-electron chi connectivity index (χ4n) is 3.37. The Labute approximate surface area is 176 Å². The van der Waals surface area contributed by atoms with Gasteiger partial charge in [-0.3, -0.25) is 9.69 Å². The number of hydrogen-bond donors (Lipinski definition) is 0. The predicted molar refractivity (Wildman–Crippen MR) is 116 cm³/mol. The number of ether oxygens (including phenoxy) is 2. The van der Waals surface area contributed by atoms with Crippen LogP contribution in [-0.4, -0.2) is 37.3 Å². The van der Waals surface area contributed by atoms with Gasteiger partial charge < -0.3 is 9.47 Å². The van der Waals surface area contributed by atoms with Gasteiger partial charge in [0, 0.05) is 16.6 Å². The lowest BCUT2D eigenvalue weighted by atomic mass is 10.2. The van der Waals surface area contributed by atoms with Gasteiger partial charge in [0.2, 0.25) is 0 Å². The molecule has 1 aliphatic rings. The average Bonchev–Trinajstić information content (AvgIpc) is 3.37. The minimum atomic E-state index is -0.0707. The highest BCUT2D eigenvalue weighted by atomic mass is 79.9. The van der Waals surface area contributed by atoms with Crippen molar-refractivity contribution in [3.8, 4) is 5.75 Å². The van der Waals surface area contributed by atoms with Crippen molar-refractivity contribution in [1.29, 1.82) is 0 Å². The first-order chi connectivity index (χ1) is 13.6. The minimum absolute atomic E-state index is 0.0365. The van der Waals surface area contributed by atoms with Gasteiger partial charge in [-0.25, -0.2) is 4.98 Å². The third-order valence-electron chi connectivity index (χ3n) is 4.89. The molecule has 1 fully saturated rings. The number of amides is 1. The van der Waals surface area contributed by atoms with Gasteiger partial charge in [-0.1, -0.05) is 33.3 Å². The quantitative estimate of drug-likeness (QED) is 0.524. The van der Waals surface area contributed by atoms with Crippen LogP contribution in [0.1, 0.15) is 28.8 Å². The molecule has 1 aromatic heterocycles. The molecule has 1 aliphatic heterocycles. The molecule has 0 spiro atoms. The van der Waals surface area contributed by atoms with E-state index in [1.807, 2.05) is 43.3 Å². The summed E-state index contributed by atoms with van der Waals surface area (Å²) in [5.74, 6) is 0.648. The van der Waals surface area contributed by atoms with Gasteiger partial charge in [0.25, 0.3) is 5.91 Å². The zero-order chi connectivity index (χ0) is 19.7. The van der Waals surface area contributed by atoms with E-state index >= 15 is 0 Å². The zero-order valence-corrected chi connectivity index (χ0v) is 18.2. The molecule has 0 N–H and O–H groups in total. The highest BCUT2D eigenvalue weighted by molar-refractivity contribution is 9.10. The Morgan fingerprint density at radius 2 is 2.11 bits per heavy atom. The molecule has 1 atom stereocenters. The summed E-state index contributed by atoms with van der Waals surface area (Å²) in [7, 11) is 1.64. The Balaban J connectivity index is 1.76. The van der Waals surface area contributed by atoms with Crippen molar-refractivity contribution in [3.05, 3.63) is 52.0 Å². The average molecular weight is 461 g/mol. The molecule has 28 heavy (non-hydrogen) atoms. The smallest absolute Gasteiger partial charge is 0.260 e. The molecule has 3 aromatic rings. The molecule has 1 amide bonds. The third kappa shape index (κ3) is 3.79. The van der Waals surface area contributed by atoms with Crippen LogP contribution in [-0.2, 0) is 4.74 Å². The number of aromatic nitrogens is 1. The molecular weight excluding hydrogens is 440 g/mol. The van der Waals surface area contributed by atoms with E-state index in [0.717, 1.165) is 45.5 Å². The molecule has 0 saturated carbocycles. The number of hydrogen-bond acceptors (Lipinski definition) is 5. The predicted octanol–water partition coefficient (Wildman–Crippen LogP) is 5.20. The maximum atomic E-state index is 13.4. The maximum Gasteiger partial charge on any atom is 0.260 e. The van der Waals surface area contributed by atoms with Crippen LogP contribution in [0.25, 0.3) is 10.2 Å². The molecule has 1 unspecified atom stereocenters. The first-order valence-electron chi connectivity index (χ1n) is 9.20. The van der Waals surface area contributed by atoms with Gasteiger partial charge in [-0.15, -0.1) is 0 Å². The standard InChI is InChI=1S/C21H21BrN2O3S/c1-13-5-10-17(26-2)18-19(13)28-21(23-18)24(12-16-4-3-11-27-16)20(25)14-6-8-15(22)9-7-14/h5-10,16H,3-4,11-12H2,1-2H3. The zero-order valence-electron chi connectivity index (χ0n) is 15.8. The van der Waals surface area contributed by atoms with E-state index in [9.17, 15) is 4.79 Å². The number of rotatable bonds is 5. The highest BCUT2D eigenvalue weighted by Crippen LogP contribution is 2.37. The van der Waals surface area contributed by atoms with Crippen LogP contribution in [0.2, 0.25) is 0 Å². The number of thiazole rings is 1. The van der Waals surface area contributed by atoms with Crippen LogP contribution >= 0.6 is 27.3 Å². The Kier molecular flexibility index (Phi) is 5.66. The van der Waals surface area contributed by atoms with Gasteiger partial charge in [-0.05, 0) is 55.7 Å². The monoisotopic (exact) mass is 460 g/mol. The second-order valence-electron chi connectivity index (χ2n) is 6.82. The van der Waals surface area contributed by atoms with Gasteiger partial charge in [0.15, 0.2) is 5.13 Å². The number of fused-ring (bicyclic) bond motifs is 1. The molecule has 2 aromatic carbocycles. The lowest BCUT2D eigenvalue weighted by molar-refractivity contribution is 0.0917. The SMILES string of the molecule is COc1ccc(C)c2sc(N(CC3CCCO3)C(=O)c3ccc(Br)cc3)nc12. The first kappa shape index (κ1) is 19.4. The largest absolute Gasteiger partial charge is 0.494 e. The van der Waals surface area contributed by atoms with Crippen LogP contribution in [0.3, 0.4) is 0 Å². The topological polar surface area (TPSA) is 51.7 Å². The molecule has 0 aliphatic carbocycles. The van der Waals surface area contributed by atoms with E-state index in [4.69, 9.17) is 14.5 Å². The Bertz CT molecular complexity index is 997. The van der Waals surface area contributed by atoms with Crippen LogP contribution in [0.4, 0.5) is 5.13 Å². The van der Waals surface area contributed by atoms with E-state index in [0.29, 0.717) is 17.2 Å². The highest BCUT2D eigenvalue weighted by Gasteiger charge is 2.27. The second-order valence-corrected chi connectivity index (χ2v) is 8.71. The fraction of sp³-hybridized carbons (Fsp3) is 0.333. The van der Waals surface area contributed by atoms with Crippen LogP contribution in [0.5, 0.6) is 5.75 Å². The molecule has 0 bridgehead atoms. The molecule has 1 saturated heterocycles. The molecule has 2 heterocycles. The summed E-state index contributed by atoms with van der Waals surface area (Å²) in [5, 5.41) is 0.672. The molecule has 146 valence electrons. The van der Waals surface area contributed by atoms with E-state index in [1.54, 1.807) is 12.0 Å². The summed E-state index contributed by atoms with van der Waals surface area (Å²) in [6, 6.07) is 11.3. The number of benzene rings is 2. The summed E-state index contributed by atoms with van der Waals surface area (Å²) in [6.45, 7) is 3.29. The molecule has 4 rings (SSSR count). The maximum absolute atomic E-state index is 13.4. The van der Waals surface area contributed by atoms with Crippen LogP contribution < -0.4 is 9.64 Å². The number of aryl methyl sites for hydroxylation is 1. The van der Waals surface area contributed by atoms with Gasteiger partial charge >= 0.3 is 0 Å². The molecule has 5 nitrogen and oxygen atoms in total. The normalized spacial score (nSPS) is 16.5. The Morgan fingerprint density at radius 1 is 1.32 bits per heavy atom. The van der Waals surface area contributed by atoms with Crippen LogP contribution in [0.15, 0.2) is 40.9 Å². The van der Waals surface area contributed by atoms with Crippen molar-refractivity contribution in [3.63, 3.8) is 0 Å². The Morgan fingerprint density at radius 3 is 2.79 bits per heavy atom. The van der Waals surface area contributed by atoms with Gasteiger partial charge in [-0.2, -0.15) is 0 Å². The summed E-state index contributed by atoms with van der Waals surface area (Å²) in [6.07, 6.45) is 2.02. The molecular formula is C21H21BrN2O3S. The van der Waals surface area contributed by atoms with Crippen molar-refractivity contribution in [2.24, 2.45) is 0 Å². The van der Waals surface area contributed by atoms with Crippen molar-refractivity contribution in [2.45, 2.75) is 25.9 Å². The third-order valence-corrected chi connectivity index (χ3v) is 6.63. The van der Waals surface area contributed by atoms with Crippen molar-refractivity contribution < 1.29 is 14.3 Å².